The van der Waals surface area contributed by atoms with Gasteiger partial charge in [-0.1, -0.05) is 6.92 Å². The summed E-state index contributed by atoms with van der Waals surface area (Å²) in [5, 5.41) is 10.9. The summed E-state index contributed by atoms with van der Waals surface area (Å²) >= 11 is 0. The second kappa shape index (κ2) is 32.3. The van der Waals surface area contributed by atoms with Gasteiger partial charge in [-0.2, -0.15) is 0 Å². The van der Waals surface area contributed by atoms with Crippen molar-refractivity contribution in [2.24, 2.45) is 0 Å². The Balaban J connectivity index is -0.000000437. The molecule has 21 heteroatoms. The first-order valence-corrected chi connectivity index (χ1v) is 16.8. The molecule has 0 unspecified atom stereocenters. The van der Waals surface area contributed by atoms with Crippen LogP contribution in [0.15, 0.2) is 0 Å². The highest BCUT2D eigenvalue weighted by molar-refractivity contribution is 5.91. The number of rotatable bonds is 20. The van der Waals surface area contributed by atoms with Gasteiger partial charge < -0.3 is 54.5 Å². The Morgan fingerprint density at radius 1 is 0.426 bits per heavy atom. The molecule has 0 fully saturated rings. The monoisotopic (exact) mass is 776 g/mol. The quantitative estimate of drug-likeness (QED) is 0.114. The number of hydrogen-bond donors (Lipinski definition) is 2. The second-order valence-corrected chi connectivity index (χ2v) is 12.0. The zero-order valence-electron chi connectivity index (χ0n) is 34.4. The first-order chi connectivity index (χ1) is 25.0. The number of hydrogen-bond acceptors (Lipinski definition) is 11. The Bertz CT molecular complexity index is 1190. The predicted octanol–water partition coefficient (Wildman–Crippen LogP) is -3.68. The lowest BCUT2D eigenvalue weighted by atomic mass is 10.3. The van der Waals surface area contributed by atoms with E-state index in [2.05, 4.69) is 12.2 Å². The smallest absolute Gasteiger partial charge is 0.323 e. The molecule has 0 saturated carbocycles. The maximum atomic E-state index is 12.4. The lowest BCUT2D eigenvalue weighted by Gasteiger charge is -2.26. The summed E-state index contributed by atoms with van der Waals surface area (Å²) in [7, 11) is 15.4. The first kappa shape index (κ1) is 55.4. The largest absolute Gasteiger partial charge is 0.480 e. The number of carbonyl (C=O) groups excluding carboxylic acids is 9. The van der Waals surface area contributed by atoms with Crippen molar-refractivity contribution in [3.8, 4) is 0 Å². The van der Waals surface area contributed by atoms with E-state index in [0.29, 0.717) is 32.3 Å². The molecular weight excluding hydrogens is 712 g/mol. The number of aliphatic carboxylic acids is 1. The summed E-state index contributed by atoms with van der Waals surface area (Å²) in [5.74, 6) is -3.02. The Labute approximate surface area is 319 Å². The molecule has 0 aromatic rings. The molecule has 0 bridgehead atoms. The third-order valence-corrected chi connectivity index (χ3v) is 7.04. The van der Waals surface area contributed by atoms with Crippen molar-refractivity contribution in [2.75, 3.05) is 136 Å². The van der Waals surface area contributed by atoms with Gasteiger partial charge in [0.05, 0.1) is 39.3 Å². The Kier molecular flexibility index (Phi) is 33.2. The summed E-state index contributed by atoms with van der Waals surface area (Å²) in [6.07, 6.45) is 1.61. The number of likely N-dealkylation sites (N-methyl/N-ethyl adjacent to an activating group) is 9. The van der Waals surface area contributed by atoms with Crippen LogP contribution in [0.3, 0.4) is 0 Å². The van der Waals surface area contributed by atoms with Crippen LogP contribution in [0.5, 0.6) is 0 Å². The van der Waals surface area contributed by atoms with Gasteiger partial charge in [0.1, 0.15) is 6.54 Å². The highest BCUT2D eigenvalue weighted by atomic mass is 16.4. The van der Waals surface area contributed by atoms with Crippen LogP contribution in [0, 0.1) is 0 Å². The van der Waals surface area contributed by atoms with Crippen LogP contribution in [0.4, 0.5) is 0 Å². The van der Waals surface area contributed by atoms with Crippen molar-refractivity contribution < 1.29 is 53.1 Å². The summed E-state index contributed by atoms with van der Waals surface area (Å²) in [6.45, 7) is 6.94. The van der Waals surface area contributed by atoms with E-state index in [1.165, 1.54) is 61.9 Å². The molecule has 54 heavy (non-hydrogen) atoms. The van der Waals surface area contributed by atoms with Gasteiger partial charge in [-0.3, -0.25) is 47.9 Å². The molecule has 0 heterocycles. The topological polar surface area (TPSA) is 232 Å². The van der Waals surface area contributed by atoms with E-state index < -0.39 is 29.6 Å². The van der Waals surface area contributed by atoms with Crippen molar-refractivity contribution in [3.05, 3.63) is 0 Å². The Hall–Kier alpha value is -5.34. The van der Waals surface area contributed by atoms with Crippen molar-refractivity contribution >= 4 is 60.6 Å². The fourth-order valence-electron chi connectivity index (χ4n) is 2.99. The van der Waals surface area contributed by atoms with Crippen LogP contribution in [0.2, 0.25) is 0 Å². The SMILES string of the molecule is CCN(C)C(=O)CN(C)C(=O)CN(C)C(=O)CN(C)C(=O)CN(C)C(=O)CN(C)C=O.CCN(C)C(=O)CN(C)C=O.CCNC.CN(C=O)CC(=O)O. The van der Waals surface area contributed by atoms with Crippen LogP contribution < -0.4 is 5.32 Å². The third kappa shape index (κ3) is 29.3. The number of nitrogens with zero attached hydrogens (tertiary/aromatic N) is 9. The summed E-state index contributed by atoms with van der Waals surface area (Å²) in [6, 6.07) is 0. The normalized spacial score (nSPS) is 9.35. The molecule has 0 spiro atoms. The van der Waals surface area contributed by atoms with Gasteiger partial charge >= 0.3 is 5.97 Å². The number of carbonyl (C=O) groups is 10. The molecule has 0 saturated heterocycles. The Morgan fingerprint density at radius 2 is 0.630 bits per heavy atom. The van der Waals surface area contributed by atoms with Gasteiger partial charge in [-0.15, -0.1) is 0 Å². The van der Waals surface area contributed by atoms with E-state index in [0.717, 1.165) is 26.1 Å². The fraction of sp³-hybridized carbons (Fsp3) is 0.697. The first-order valence-electron chi connectivity index (χ1n) is 16.8. The van der Waals surface area contributed by atoms with Crippen LogP contribution in [-0.2, 0) is 47.9 Å². The summed E-state index contributed by atoms with van der Waals surface area (Å²) in [5.41, 5.74) is 0. The summed E-state index contributed by atoms with van der Waals surface area (Å²) < 4.78 is 0. The van der Waals surface area contributed by atoms with Crippen LogP contribution in [-0.4, -0.2) is 246 Å². The van der Waals surface area contributed by atoms with E-state index >= 15 is 0 Å². The second-order valence-electron chi connectivity index (χ2n) is 12.0. The zero-order valence-corrected chi connectivity index (χ0v) is 34.4. The minimum Gasteiger partial charge on any atom is -0.480 e. The van der Waals surface area contributed by atoms with Gasteiger partial charge in [-0.25, -0.2) is 0 Å². The van der Waals surface area contributed by atoms with Crippen LogP contribution >= 0.6 is 0 Å². The molecule has 0 aromatic heterocycles. The molecule has 0 aliphatic carbocycles. The standard InChI is InChI=1S/C19H34N6O6.C7H14N2O2.C4H7NO3.C3H9N/c1-8-21(3)16(28)10-23(5)18(30)12-25(7)19(31)13-24(6)17(29)11-22(4)15(27)9-20(2)14-26;1-4-9(3)7(11)5-8(2)6-10;1-5(3-6)2-4(7)8;1-3-4-2/h14H,8-13H2,1-7H3;6H,4-5H2,1-3H3;3H,2H2,1H3,(H,7,8);4H,3H2,1-2H3. The van der Waals surface area contributed by atoms with Gasteiger partial charge in [0.25, 0.3) is 0 Å². The zero-order chi connectivity index (χ0) is 43.1. The fourth-order valence-corrected chi connectivity index (χ4v) is 2.99. The molecule has 9 amide bonds. The van der Waals surface area contributed by atoms with Crippen molar-refractivity contribution in [1.29, 1.82) is 0 Å². The number of carboxylic acid groups (broad SMARTS) is 1. The minimum absolute atomic E-state index is 0.0397. The molecule has 0 rings (SSSR count). The molecule has 0 atom stereocenters. The maximum absolute atomic E-state index is 12.4. The molecule has 0 aromatic carbocycles. The minimum atomic E-state index is -1.00. The summed E-state index contributed by atoms with van der Waals surface area (Å²) in [4.78, 5) is 123. The van der Waals surface area contributed by atoms with E-state index in [4.69, 9.17) is 5.11 Å². The van der Waals surface area contributed by atoms with E-state index in [1.807, 2.05) is 20.9 Å². The number of nitrogens with one attached hydrogen (secondary N) is 1. The lowest BCUT2D eigenvalue weighted by Crippen LogP contribution is -2.48. The number of carboxylic acids is 1. The van der Waals surface area contributed by atoms with Gasteiger partial charge in [0.15, 0.2) is 0 Å². The molecule has 0 aliphatic heterocycles. The van der Waals surface area contributed by atoms with E-state index in [-0.39, 0.29) is 57.6 Å². The average Bonchev–Trinajstić information content (AvgIpc) is 3.13. The molecule has 0 aliphatic rings. The van der Waals surface area contributed by atoms with Crippen molar-refractivity contribution in [3.63, 3.8) is 0 Å². The van der Waals surface area contributed by atoms with Gasteiger partial charge in [0.2, 0.25) is 54.7 Å². The van der Waals surface area contributed by atoms with Crippen molar-refractivity contribution in [1.82, 2.24) is 49.4 Å². The van der Waals surface area contributed by atoms with E-state index in [1.54, 1.807) is 26.0 Å². The lowest BCUT2D eigenvalue weighted by molar-refractivity contribution is -0.145. The van der Waals surface area contributed by atoms with Gasteiger partial charge in [0, 0.05) is 76.5 Å². The van der Waals surface area contributed by atoms with Crippen molar-refractivity contribution in [2.45, 2.75) is 20.8 Å². The predicted molar refractivity (Wildman–Crippen MR) is 200 cm³/mol. The molecule has 312 valence electrons. The molecule has 2 N–H and O–H groups in total. The molecule has 0 radical (unpaired) electrons. The van der Waals surface area contributed by atoms with Crippen LogP contribution in [0.25, 0.3) is 0 Å². The maximum Gasteiger partial charge on any atom is 0.323 e. The Morgan fingerprint density at radius 3 is 0.815 bits per heavy atom. The molecule has 21 nitrogen and oxygen atoms in total. The van der Waals surface area contributed by atoms with Crippen LogP contribution in [0.1, 0.15) is 20.8 Å². The average molecular weight is 777 g/mol. The molecular formula is C33H64N10O11. The van der Waals surface area contributed by atoms with E-state index in [9.17, 15) is 47.9 Å². The third-order valence-electron chi connectivity index (χ3n) is 7.04. The highest BCUT2D eigenvalue weighted by Crippen LogP contribution is 1.97. The number of amides is 9. The van der Waals surface area contributed by atoms with Gasteiger partial charge in [-0.05, 0) is 27.4 Å². The highest BCUT2D eigenvalue weighted by Gasteiger charge is 2.23.